The lowest BCUT2D eigenvalue weighted by Crippen LogP contribution is -2.48. The summed E-state index contributed by atoms with van der Waals surface area (Å²) in [7, 11) is -4.00. The molecular formula is C29H37ClN6O5S. The fourth-order valence-electron chi connectivity index (χ4n) is 5.10. The first-order chi connectivity index (χ1) is 20.2. The number of rotatable bonds is 11. The van der Waals surface area contributed by atoms with Gasteiger partial charge in [-0.15, -0.1) is 0 Å². The number of likely N-dealkylation sites (tertiary alicyclic amines) is 1. The number of nitrogens with one attached hydrogen (secondary N) is 3. The normalized spacial score (nSPS) is 17.7. The van der Waals surface area contributed by atoms with Gasteiger partial charge in [-0.1, -0.05) is 48.0 Å². The minimum atomic E-state index is -4.00. The molecule has 42 heavy (non-hydrogen) atoms. The second kappa shape index (κ2) is 14.6. The molecule has 2 saturated heterocycles. The Morgan fingerprint density at radius 3 is 2.50 bits per heavy atom. The summed E-state index contributed by atoms with van der Waals surface area (Å²) in [5, 5.41) is 6.56. The van der Waals surface area contributed by atoms with Crippen molar-refractivity contribution in [3.05, 3.63) is 82.0 Å². The van der Waals surface area contributed by atoms with Gasteiger partial charge in [0.2, 0.25) is 21.8 Å². The first kappa shape index (κ1) is 31.5. The van der Waals surface area contributed by atoms with E-state index in [4.69, 9.17) is 17.3 Å². The lowest BCUT2D eigenvalue weighted by molar-refractivity contribution is -0.136. The van der Waals surface area contributed by atoms with Gasteiger partial charge in [-0.2, -0.15) is 0 Å². The van der Waals surface area contributed by atoms with Gasteiger partial charge in [-0.3, -0.25) is 19.1 Å². The number of benzene rings is 2. The maximum atomic E-state index is 13.8. The topological polar surface area (TPSA) is 154 Å². The standard InChI is InChI=1S/C29H37ClN6O5S/c30-24-9-8-22(18-31)23(17-24)19-33-28(38)26-7-4-14-36(26)29(39)25(10-11-27(37)35-15-12-32-13-16-35)34-42(40,41)20-21-5-2-1-3-6-21/h1-3,5-6,8-10,17,26,32,34H,4,7,11-16,18-20,31H2,(H,33,38)/b25-10+/t26-/m0/s1. The van der Waals surface area contributed by atoms with E-state index < -0.39 is 22.0 Å². The first-order valence-corrected chi connectivity index (χ1v) is 16.0. The van der Waals surface area contributed by atoms with Gasteiger partial charge in [0.15, 0.2) is 0 Å². The number of hydrogen-bond acceptors (Lipinski definition) is 7. The molecule has 1 atom stereocenters. The Labute approximate surface area is 251 Å². The minimum Gasteiger partial charge on any atom is -0.350 e. The van der Waals surface area contributed by atoms with E-state index >= 15 is 0 Å². The number of halogens is 1. The second-order valence-electron chi connectivity index (χ2n) is 10.3. The Bertz CT molecular complexity index is 1410. The van der Waals surface area contributed by atoms with Crippen molar-refractivity contribution in [2.75, 3.05) is 32.7 Å². The molecule has 2 aromatic carbocycles. The molecule has 0 aromatic heterocycles. The quantitative estimate of drug-likeness (QED) is 0.277. The lowest BCUT2D eigenvalue weighted by Gasteiger charge is -2.27. The van der Waals surface area contributed by atoms with Crippen molar-refractivity contribution in [2.24, 2.45) is 5.73 Å². The van der Waals surface area contributed by atoms with Crippen molar-refractivity contribution in [3.8, 4) is 0 Å². The predicted molar refractivity (Wildman–Crippen MR) is 160 cm³/mol. The van der Waals surface area contributed by atoms with Crippen molar-refractivity contribution >= 4 is 39.3 Å². The highest BCUT2D eigenvalue weighted by molar-refractivity contribution is 7.88. The van der Waals surface area contributed by atoms with Crippen LogP contribution in [0.15, 0.2) is 60.3 Å². The van der Waals surface area contributed by atoms with Crippen LogP contribution in [0.25, 0.3) is 0 Å². The Morgan fingerprint density at radius 1 is 1.05 bits per heavy atom. The summed E-state index contributed by atoms with van der Waals surface area (Å²) in [4.78, 5) is 42.9. The summed E-state index contributed by atoms with van der Waals surface area (Å²) < 4.78 is 28.6. The van der Waals surface area contributed by atoms with Crippen LogP contribution >= 0.6 is 11.6 Å². The van der Waals surface area contributed by atoms with Crippen LogP contribution in [0, 0.1) is 0 Å². The first-order valence-electron chi connectivity index (χ1n) is 14.0. The van der Waals surface area contributed by atoms with Crippen LogP contribution in [0.1, 0.15) is 36.0 Å². The van der Waals surface area contributed by atoms with Crippen LogP contribution in [0.3, 0.4) is 0 Å². The molecule has 0 bridgehead atoms. The SMILES string of the molecule is NCc1ccc(Cl)cc1CNC(=O)[C@@H]1CCCN1C(=O)/C(=C\CC(=O)N1CCNCC1)NS(=O)(=O)Cc1ccccc1. The minimum absolute atomic E-state index is 0.156. The van der Waals surface area contributed by atoms with Gasteiger partial charge >= 0.3 is 0 Å². The highest BCUT2D eigenvalue weighted by Gasteiger charge is 2.36. The number of amides is 3. The molecule has 2 heterocycles. The summed E-state index contributed by atoms with van der Waals surface area (Å²) in [6.45, 7) is 3.11. The summed E-state index contributed by atoms with van der Waals surface area (Å²) in [5.41, 5.74) is 7.74. The zero-order chi connectivity index (χ0) is 30.1. The zero-order valence-electron chi connectivity index (χ0n) is 23.4. The van der Waals surface area contributed by atoms with Crippen LogP contribution < -0.4 is 21.1 Å². The van der Waals surface area contributed by atoms with Gasteiger partial charge in [0.1, 0.15) is 11.7 Å². The number of carbonyl (C=O) groups is 3. The van der Waals surface area contributed by atoms with Crippen molar-refractivity contribution in [2.45, 2.75) is 44.1 Å². The molecule has 11 nitrogen and oxygen atoms in total. The molecule has 13 heteroatoms. The third-order valence-electron chi connectivity index (χ3n) is 7.30. The maximum absolute atomic E-state index is 13.8. The molecule has 0 spiro atoms. The Balaban J connectivity index is 1.51. The van der Waals surface area contributed by atoms with E-state index in [2.05, 4.69) is 15.4 Å². The highest BCUT2D eigenvalue weighted by Crippen LogP contribution is 2.22. The van der Waals surface area contributed by atoms with Crippen LogP contribution in [0.4, 0.5) is 0 Å². The molecule has 2 aromatic rings. The van der Waals surface area contributed by atoms with E-state index in [9.17, 15) is 22.8 Å². The molecule has 0 radical (unpaired) electrons. The summed E-state index contributed by atoms with van der Waals surface area (Å²) in [6, 6.07) is 13.1. The predicted octanol–water partition coefficient (Wildman–Crippen LogP) is 1.23. The molecule has 226 valence electrons. The van der Waals surface area contributed by atoms with Gasteiger partial charge in [-0.05, 0) is 47.7 Å². The molecule has 4 rings (SSSR count). The summed E-state index contributed by atoms with van der Waals surface area (Å²) in [6.07, 6.45) is 2.15. The van der Waals surface area contributed by atoms with Crippen LogP contribution in [0.5, 0.6) is 0 Å². The third-order valence-corrected chi connectivity index (χ3v) is 8.78. The van der Waals surface area contributed by atoms with Crippen molar-refractivity contribution in [1.82, 2.24) is 25.2 Å². The fourth-order valence-corrected chi connectivity index (χ4v) is 6.50. The van der Waals surface area contributed by atoms with E-state index in [0.29, 0.717) is 49.6 Å². The number of carbonyl (C=O) groups excluding carboxylic acids is 3. The number of piperazine rings is 1. The maximum Gasteiger partial charge on any atom is 0.271 e. The van der Waals surface area contributed by atoms with Gasteiger partial charge < -0.3 is 26.2 Å². The molecule has 0 aliphatic carbocycles. The molecule has 0 unspecified atom stereocenters. The molecule has 2 aliphatic heterocycles. The third kappa shape index (κ3) is 8.54. The van der Waals surface area contributed by atoms with E-state index in [1.165, 1.54) is 11.0 Å². The summed E-state index contributed by atoms with van der Waals surface area (Å²) in [5.74, 6) is -1.58. The molecule has 3 amide bonds. The highest BCUT2D eigenvalue weighted by atomic mass is 35.5. The fraction of sp³-hybridized carbons (Fsp3) is 0.414. The van der Waals surface area contributed by atoms with Gasteiger partial charge in [0.25, 0.3) is 5.91 Å². The molecule has 2 aliphatic rings. The van der Waals surface area contributed by atoms with Crippen molar-refractivity contribution in [1.29, 1.82) is 0 Å². The van der Waals surface area contributed by atoms with Crippen LogP contribution in [-0.2, 0) is 43.2 Å². The number of nitrogens with zero attached hydrogens (tertiary/aromatic N) is 2. The van der Waals surface area contributed by atoms with E-state index in [0.717, 1.165) is 11.1 Å². The zero-order valence-corrected chi connectivity index (χ0v) is 24.9. The molecular weight excluding hydrogens is 580 g/mol. The number of hydrogen-bond donors (Lipinski definition) is 4. The Hall–Kier alpha value is -3.45. The van der Waals surface area contributed by atoms with Gasteiger partial charge in [0.05, 0.1) is 5.75 Å². The van der Waals surface area contributed by atoms with Crippen molar-refractivity contribution in [3.63, 3.8) is 0 Å². The number of nitrogens with two attached hydrogens (primary N) is 1. The average molecular weight is 617 g/mol. The monoisotopic (exact) mass is 616 g/mol. The van der Waals surface area contributed by atoms with Crippen LogP contribution in [-0.4, -0.2) is 74.7 Å². The number of sulfonamides is 1. The molecule has 5 N–H and O–H groups in total. The van der Waals surface area contributed by atoms with E-state index in [1.807, 2.05) is 0 Å². The van der Waals surface area contributed by atoms with Crippen molar-refractivity contribution < 1.29 is 22.8 Å². The van der Waals surface area contributed by atoms with Gasteiger partial charge in [-0.25, -0.2) is 8.42 Å². The summed E-state index contributed by atoms with van der Waals surface area (Å²) >= 11 is 6.12. The lowest BCUT2D eigenvalue weighted by atomic mass is 10.1. The smallest absolute Gasteiger partial charge is 0.271 e. The Morgan fingerprint density at radius 2 is 1.79 bits per heavy atom. The molecule has 2 fully saturated rings. The van der Waals surface area contributed by atoms with E-state index in [1.54, 1.807) is 53.4 Å². The van der Waals surface area contributed by atoms with Crippen LogP contribution in [0.2, 0.25) is 5.02 Å². The second-order valence-corrected chi connectivity index (χ2v) is 12.4. The average Bonchev–Trinajstić information content (AvgIpc) is 3.48. The van der Waals surface area contributed by atoms with E-state index in [-0.39, 0.29) is 49.3 Å². The van der Waals surface area contributed by atoms with Gasteiger partial charge in [0, 0.05) is 57.3 Å². The largest absolute Gasteiger partial charge is 0.350 e. The Kier molecular flexibility index (Phi) is 11.0. The molecule has 0 saturated carbocycles.